The van der Waals surface area contributed by atoms with Gasteiger partial charge in [-0.2, -0.15) is 0 Å². The van der Waals surface area contributed by atoms with Gasteiger partial charge in [-0.25, -0.2) is 0 Å². The van der Waals surface area contributed by atoms with Gasteiger partial charge in [0.1, 0.15) is 12.4 Å². The Kier molecular flexibility index (Phi) is 4.53. The second-order valence-electron chi connectivity index (χ2n) is 5.60. The molecule has 21 heavy (non-hydrogen) atoms. The number of aliphatic hydroxyl groups is 1. The Morgan fingerprint density at radius 2 is 1.86 bits per heavy atom. The van der Waals surface area contributed by atoms with Gasteiger partial charge in [-0.3, -0.25) is 4.90 Å². The second-order valence-corrected chi connectivity index (χ2v) is 5.60. The van der Waals surface area contributed by atoms with Gasteiger partial charge in [-0.1, -0.05) is 42.5 Å². The number of hydrogen-bond donors (Lipinski definition) is 1. The van der Waals surface area contributed by atoms with Crippen LogP contribution in [0.25, 0.3) is 0 Å². The zero-order valence-corrected chi connectivity index (χ0v) is 12.1. The molecule has 0 bridgehead atoms. The van der Waals surface area contributed by atoms with Crippen LogP contribution in [0.5, 0.6) is 5.75 Å². The number of β-amino-alcohol motifs (C(OH)–C–C–N with tert-alkyl or cyclic N) is 1. The molecule has 1 aliphatic rings. The predicted molar refractivity (Wildman–Crippen MR) is 83.1 cm³/mol. The highest BCUT2D eigenvalue weighted by molar-refractivity contribution is 5.29. The molecule has 2 aromatic rings. The van der Waals surface area contributed by atoms with Crippen LogP contribution in [0, 0.1) is 0 Å². The van der Waals surface area contributed by atoms with Crippen LogP contribution in [0.15, 0.2) is 54.6 Å². The minimum Gasteiger partial charge on any atom is -0.489 e. The van der Waals surface area contributed by atoms with Gasteiger partial charge >= 0.3 is 0 Å². The van der Waals surface area contributed by atoms with Crippen molar-refractivity contribution in [2.45, 2.75) is 25.7 Å². The normalized spacial score (nSPS) is 18.8. The van der Waals surface area contributed by atoms with Gasteiger partial charge in [0.25, 0.3) is 0 Å². The van der Waals surface area contributed by atoms with Crippen LogP contribution in [-0.2, 0) is 13.2 Å². The van der Waals surface area contributed by atoms with Gasteiger partial charge in [-0.05, 0) is 29.7 Å². The summed E-state index contributed by atoms with van der Waals surface area (Å²) < 4.78 is 5.85. The highest BCUT2D eigenvalue weighted by Gasteiger charge is 2.19. The number of nitrogens with zero attached hydrogens (tertiary/aromatic N) is 1. The fourth-order valence-corrected chi connectivity index (χ4v) is 2.69. The third kappa shape index (κ3) is 4.06. The summed E-state index contributed by atoms with van der Waals surface area (Å²) in [5.74, 6) is 0.899. The molecule has 0 aromatic heterocycles. The van der Waals surface area contributed by atoms with Crippen molar-refractivity contribution >= 4 is 0 Å². The summed E-state index contributed by atoms with van der Waals surface area (Å²) in [6.45, 7) is 3.21. The Morgan fingerprint density at radius 3 is 2.62 bits per heavy atom. The molecule has 110 valence electrons. The Hall–Kier alpha value is -1.84. The van der Waals surface area contributed by atoms with Gasteiger partial charge in [0.15, 0.2) is 0 Å². The molecule has 0 amide bonds. The molecule has 0 unspecified atom stereocenters. The Balaban J connectivity index is 1.58. The van der Waals surface area contributed by atoms with E-state index in [-0.39, 0.29) is 6.10 Å². The van der Waals surface area contributed by atoms with Crippen LogP contribution in [0.1, 0.15) is 17.5 Å². The maximum Gasteiger partial charge on any atom is 0.120 e. The zero-order chi connectivity index (χ0) is 14.5. The molecule has 1 N–H and O–H groups in total. The summed E-state index contributed by atoms with van der Waals surface area (Å²) in [4.78, 5) is 2.28. The SMILES string of the molecule is O[C@H]1CCN(Cc2cccc(OCc3ccccc3)c2)C1. The predicted octanol–water partition coefficient (Wildman–Crippen LogP) is 2.83. The Bertz CT molecular complexity index is 570. The number of likely N-dealkylation sites (tertiary alicyclic amines) is 1. The van der Waals surface area contributed by atoms with E-state index in [1.54, 1.807) is 0 Å². The number of rotatable bonds is 5. The minimum atomic E-state index is -0.164. The van der Waals surface area contributed by atoms with E-state index < -0.39 is 0 Å². The lowest BCUT2D eigenvalue weighted by Gasteiger charge is -2.15. The molecule has 3 heteroatoms. The molecule has 1 aliphatic heterocycles. The molecule has 1 saturated heterocycles. The van der Waals surface area contributed by atoms with E-state index in [1.165, 1.54) is 11.1 Å². The summed E-state index contributed by atoms with van der Waals surface area (Å²) in [5.41, 5.74) is 2.40. The minimum absolute atomic E-state index is 0.164. The molecule has 1 atom stereocenters. The van der Waals surface area contributed by atoms with Crippen molar-refractivity contribution in [3.63, 3.8) is 0 Å². The van der Waals surface area contributed by atoms with Crippen LogP contribution in [0.2, 0.25) is 0 Å². The van der Waals surface area contributed by atoms with E-state index >= 15 is 0 Å². The van der Waals surface area contributed by atoms with Crippen molar-refractivity contribution in [1.82, 2.24) is 4.90 Å². The Morgan fingerprint density at radius 1 is 1.05 bits per heavy atom. The van der Waals surface area contributed by atoms with E-state index in [0.29, 0.717) is 6.61 Å². The molecular formula is C18H21NO2. The van der Waals surface area contributed by atoms with Crippen molar-refractivity contribution in [1.29, 1.82) is 0 Å². The summed E-state index contributed by atoms with van der Waals surface area (Å²) in [6.07, 6.45) is 0.715. The number of ether oxygens (including phenoxy) is 1. The quantitative estimate of drug-likeness (QED) is 0.916. The van der Waals surface area contributed by atoms with E-state index in [9.17, 15) is 5.11 Å². The maximum atomic E-state index is 9.58. The van der Waals surface area contributed by atoms with Gasteiger partial charge in [-0.15, -0.1) is 0 Å². The molecule has 3 rings (SSSR count). The first kappa shape index (κ1) is 14.1. The van der Waals surface area contributed by atoms with E-state index in [1.807, 2.05) is 30.3 Å². The smallest absolute Gasteiger partial charge is 0.120 e. The van der Waals surface area contributed by atoms with Crippen LogP contribution in [0.4, 0.5) is 0 Å². The summed E-state index contributed by atoms with van der Waals surface area (Å²) in [6, 6.07) is 18.4. The topological polar surface area (TPSA) is 32.7 Å². The molecule has 2 aromatic carbocycles. The summed E-state index contributed by atoms with van der Waals surface area (Å²) in [7, 11) is 0. The van der Waals surface area contributed by atoms with E-state index in [0.717, 1.165) is 31.8 Å². The second kappa shape index (κ2) is 6.74. The molecule has 1 fully saturated rings. The monoisotopic (exact) mass is 283 g/mol. The molecule has 1 heterocycles. The molecule has 0 aliphatic carbocycles. The lowest BCUT2D eigenvalue weighted by atomic mass is 10.2. The van der Waals surface area contributed by atoms with Gasteiger partial charge < -0.3 is 9.84 Å². The van der Waals surface area contributed by atoms with Crippen molar-refractivity contribution in [2.75, 3.05) is 13.1 Å². The average molecular weight is 283 g/mol. The van der Waals surface area contributed by atoms with Crippen molar-refractivity contribution in [3.05, 3.63) is 65.7 Å². The van der Waals surface area contributed by atoms with Crippen molar-refractivity contribution in [2.24, 2.45) is 0 Å². The lowest BCUT2D eigenvalue weighted by molar-refractivity contribution is 0.174. The van der Waals surface area contributed by atoms with Crippen LogP contribution in [-0.4, -0.2) is 29.2 Å². The number of benzene rings is 2. The van der Waals surface area contributed by atoms with Gasteiger partial charge in [0.05, 0.1) is 6.10 Å². The first-order valence-corrected chi connectivity index (χ1v) is 7.46. The van der Waals surface area contributed by atoms with Crippen LogP contribution >= 0.6 is 0 Å². The summed E-state index contributed by atoms with van der Waals surface area (Å²) >= 11 is 0. The third-order valence-electron chi connectivity index (χ3n) is 3.80. The molecule has 3 nitrogen and oxygen atoms in total. The maximum absolute atomic E-state index is 9.58. The molecular weight excluding hydrogens is 262 g/mol. The fourth-order valence-electron chi connectivity index (χ4n) is 2.69. The average Bonchev–Trinajstić information content (AvgIpc) is 2.92. The fraction of sp³-hybridized carbons (Fsp3) is 0.333. The molecule has 0 spiro atoms. The highest BCUT2D eigenvalue weighted by atomic mass is 16.5. The van der Waals surface area contributed by atoms with Crippen LogP contribution in [0.3, 0.4) is 0 Å². The molecule has 0 radical (unpaired) electrons. The van der Waals surface area contributed by atoms with Crippen LogP contribution < -0.4 is 4.74 Å². The highest BCUT2D eigenvalue weighted by Crippen LogP contribution is 2.18. The Labute approximate surface area is 125 Å². The van der Waals surface area contributed by atoms with Gasteiger partial charge in [0, 0.05) is 19.6 Å². The summed E-state index contributed by atoms with van der Waals surface area (Å²) in [5, 5.41) is 9.58. The first-order valence-electron chi connectivity index (χ1n) is 7.46. The van der Waals surface area contributed by atoms with E-state index in [2.05, 4.69) is 29.2 Å². The molecule has 0 saturated carbocycles. The largest absolute Gasteiger partial charge is 0.489 e. The third-order valence-corrected chi connectivity index (χ3v) is 3.80. The van der Waals surface area contributed by atoms with E-state index in [4.69, 9.17) is 4.74 Å². The van der Waals surface area contributed by atoms with Crippen molar-refractivity contribution < 1.29 is 9.84 Å². The van der Waals surface area contributed by atoms with Gasteiger partial charge in [0.2, 0.25) is 0 Å². The zero-order valence-electron chi connectivity index (χ0n) is 12.1. The number of hydrogen-bond acceptors (Lipinski definition) is 3. The lowest BCUT2D eigenvalue weighted by Crippen LogP contribution is -2.21. The van der Waals surface area contributed by atoms with Crippen molar-refractivity contribution in [3.8, 4) is 5.75 Å². The number of aliphatic hydroxyl groups excluding tert-OH is 1. The standard InChI is InChI=1S/C18H21NO2/c20-17-9-10-19(13-17)12-16-7-4-8-18(11-16)21-14-15-5-2-1-3-6-15/h1-8,11,17,20H,9-10,12-14H2/t17-/m0/s1. The first-order chi connectivity index (χ1) is 10.3.